The Hall–Kier alpha value is -2.22. The molecule has 0 radical (unpaired) electrons. The van der Waals surface area contributed by atoms with Gasteiger partial charge in [0.05, 0.1) is 31.2 Å². The van der Waals surface area contributed by atoms with Gasteiger partial charge in [0.25, 0.3) is 0 Å². The molecule has 0 amide bonds. The largest absolute Gasteiger partial charge is 0.493 e. The van der Waals surface area contributed by atoms with Crippen LogP contribution < -0.4 is 14.2 Å². The van der Waals surface area contributed by atoms with Gasteiger partial charge in [-0.15, -0.1) is 0 Å². The summed E-state index contributed by atoms with van der Waals surface area (Å²) in [6.45, 7) is 6.11. The van der Waals surface area contributed by atoms with Crippen molar-refractivity contribution in [2.75, 3.05) is 13.7 Å². The molecule has 0 fully saturated rings. The topological polar surface area (TPSA) is 71.8 Å². The zero-order valence-corrected chi connectivity index (χ0v) is 16.0. The molecular weight excluding hydrogens is 392 g/mol. The number of ether oxygens (including phenoxy) is 4. The van der Waals surface area contributed by atoms with E-state index in [1.807, 2.05) is 24.5 Å². The first-order chi connectivity index (χ1) is 12.0. The summed E-state index contributed by atoms with van der Waals surface area (Å²) < 4.78 is 24.4. The van der Waals surface area contributed by atoms with E-state index in [1.54, 1.807) is 20.1 Å². The van der Waals surface area contributed by atoms with Crippen LogP contribution in [0.4, 0.5) is 0 Å². The molecule has 1 aliphatic heterocycles. The van der Waals surface area contributed by atoms with Crippen LogP contribution in [0.5, 0.6) is 17.2 Å². The quantitative estimate of drug-likeness (QED) is 0.702. The molecule has 3 rings (SSSR count). The molecule has 1 aromatic heterocycles. The van der Waals surface area contributed by atoms with Crippen molar-refractivity contribution in [3.05, 3.63) is 28.3 Å². The number of nitrogens with zero attached hydrogens (tertiary/aromatic N) is 2. The fourth-order valence-corrected chi connectivity index (χ4v) is 3.22. The Bertz CT molecular complexity index is 816. The van der Waals surface area contributed by atoms with Gasteiger partial charge in [0, 0.05) is 12.1 Å². The van der Waals surface area contributed by atoms with Gasteiger partial charge < -0.3 is 18.9 Å². The summed E-state index contributed by atoms with van der Waals surface area (Å²) in [6, 6.07) is 3.59. The lowest BCUT2D eigenvalue weighted by molar-refractivity contribution is 0.0516. The number of imidazole rings is 1. The number of aromatic nitrogens is 2. The molecule has 7 nitrogen and oxygen atoms in total. The lowest BCUT2D eigenvalue weighted by atomic mass is 10.2. The van der Waals surface area contributed by atoms with Gasteiger partial charge in [0.1, 0.15) is 12.4 Å². The van der Waals surface area contributed by atoms with Crippen molar-refractivity contribution in [1.82, 2.24) is 9.55 Å². The van der Waals surface area contributed by atoms with Crippen LogP contribution >= 0.6 is 15.9 Å². The minimum absolute atomic E-state index is 0.0164. The molecule has 1 aromatic carbocycles. The third kappa shape index (κ3) is 3.18. The summed E-state index contributed by atoms with van der Waals surface area (Å²) in [5.41, 5.74) is 1.58. The van der Waals surface area contributed by atoms with Crippen LogP contribution in [0.15, 0.2) is 16.9 Å². The summed E-state index contributed by atoms with van der Waals surface area (Å²) >= 11 is 3.42. The Morgan fingerprint density at radius 1 is 1.40 bits per heavy atom. The van der Waals surface area contributed by atoms with Gasteiger partial charge in [-0.2, -0.15) is 0 Å². The van der Waals surface area contributed by atoms with Crippen LogP contribution in [0.2, 0.25) is 0 Å². The van der Waals surface area contributed by atoms with Crippen molar-refractivity contribution in [3.8, 4) is 22.9 Å². The van der Waals surface area contributed by atoms with Crippen molar-refractivity contribution in [2.45, 2.75) is 33.5 Å². The molecule has 2 heterocycles. The fraction of sp³-hybridized carbons (Fsp3) is 0.412. The Kier molecular flexibility index (Phi) is 4.89. The molecule has 0 saturated carbocycles. The van der Waals surface area contributed by atoms with Gasteiger partial charge in [0.15, 0.2) is 21.9 Å². The second-order valence-electron chi connectivity index (χ2n) is 5.66. The third-order valence-corrected chi connectivity index (χ3v) is 4.15. The highest BCUT2D eigenvalue weighted by Gasteiger charge is 2.30. The first kappa shape index (κ1) is 17.6. The van der Waals surface area contributed by atoms with E-state index in [9.17, 15) is 4.79 Å². The summed E-state index contributed by atoms with van der Waals surface area (Å²) in [5.74, 6) is 1.31. The maximum Gasteiger partial charge on any atom is 0.359 e. The number of fused-ring (bicyclic) bond motifs is 3. The minimum atomic E-state index is -0.476. The molecule has 134 valence electrons. The molecule has 0 bridgehead atoms. The first-order valence-electron chi connectivity index (χ1n) is 7.92. The zero-order valence-electron chi connectivity index (χ0n) is 14.5. The lowest BCUT2D eigenvalue weighted by Crippen LogP contribution is -2.17. The van der Waals surface area contributed by atoms with E-state index in [4.69, 9.17) is 18.9 Å². The van der Waals surface area contributed by atoms with Crippen LogP contribution in [-0.2, 0) is 11.3 Å². The summed E-state index contributed by atoms with van der Waals surface area (Å²) in [7, 11) is 1.58. The highest BCUT2D eigenvalue weighted by Crippen LogP contribution is 2.42. The van der Waals surface area contributed by atoms with Crippen LogP contribution in [0.1, 0.15) is 37.0 Å². The van der Waals surface area contributed by atoms with Gasteiger partial charge in [-0.25, -0.2) is 9.78 Å². The standard InChI is InChI=1S/C17H19BrN2O5/c1-5-23-16(21)15-11-8-24-12-7-13(22-4)14(25-9(2)3)6-10(12)20(11)17(18)19-15/h6-7,9H,5,8H2,1-4H3. The summed E-state index contributed by atoms with van der Waals surface area (Å²) in [4.78, 5) is 16.4. The third-order valence-electron chi connectivity index (χ3n) is 3.61. The lowest BCUT2D eigenvalue weighted by Gasteiger charge is -2.23. The molecule has 0 N–H and O–H groups in total. The Balaban J connectivity index is 2.13. The van der Waals surface area contributed by atoms with Crippen LogP contribution in [0, 0.1) is 0 Å². The molecule has 25 heavy (non-hydrogen) atoms. The number of methoxy groups -OCH3 is 1. The van der Waals surface area contributed by atoms with E-state index in [0.717, 1.165) is 0 Å². The molecule has 2 aromatic rings. The Morgan fingerprint density at radius 3 is 2.80 bits per heavy atom. The molecule has 8 heteroatoms. The number of esters is 1. The average molecular weight is 411 g/mol. The van der Waals surface area contributed by atoms with Crippen molar-refractivity contribution in [1.29, 1.82) is 0 Å². The zero-order chi connectivity index (χ0) is 18.1. The fourth-order valence-electron chi connectivity index (χ4n) is 2.64. The van der Waals surface area contributed by atoms with Crippen LogP contribution in [0.25, 0.3) is 5.69 Å². The highest BCUT2D eigenvalue weighted by atomic mass is 79.9. The van der Waals surface area contributed by atoms with Gasteiger partial charge in [0.2, 0.25) is 0 Å². The summed E-state index contributed by atoms with van der Waals surface area (Å²) in [6.07, 6.45) is -0.0164. The van der Waals surface area contributed by atoms with E-state index in [2.05, 4.69) is 20.9 Å². The number of carbonyl (C=O) groups is 1. The van der Waals surface area contributed by atoms with Gasteiger partial charge in [-0.1, -0.05) is 0 Å². The van der Waals surface area contributed by atoms with Crippen molar-refractivity contribution >= 4 is 21.9 Å². The minimum Gasteiger partial charge on any atom is -0.493 e. The Morgan fingerprint density at radius 2 is 2.16 bits per heavy atom. The molecule has 0 aliphatic carbocycles. The second kappa shape index (κ2) is 6.95. The predicted octanol–water partition coefficient (Wildman–Crippen LogP) is 3.50. The van der Waals surface area contributed by atoms with Crippen molar-refractivity contribution in [2.24, 2.45) is 0 Å². The summed E-state index contributed by atoms with van der Waals surface area (Å²) in [5, 5.41) is 0. The number of hydrogen-bond donors (Lipinski definition) is 0. The SMILES string of the molecule is CCOC(=O)c1nc(Br)n2c1COc1cc(OC)c(OC(C)C)cc1-2. The molecule has 0 spiro atoms. The molecule has 0 saturated heterocycles. The maximum atomic E-state index is 12.1. The molecule has 1 aliphatic rings. The van der Waals surface area contributed by atoms with E-state index in [1.165, 1.54) is 0 Å². The second-order valence-corrected chi connectivity index (χ2v) is 6.37. The van der Waals surface area contributed by atoms with Gasteiger partial charge in [-0.05, 0) is 36.7 Å². The highest BCUT2D eigenvalue weighted by molar-refractivity contribution is 9.10. The van der Waals surface area contributed by atoms with Crippen molar-refractivity contribution in [3.63, 3.8) is 0 Å². The predicted molar refractivity (Wildman–Crippen MR) is 93.9 cm³/mol. The number of halogens is 1. The van der Waals surface area contributed by atoms with Gasteiger partial charge in [-0.3, -0.25) is 4.57 Å². The number of rotatable bonds is 5. The maximum absolute atomic E-state index is 12.1. The van der Waals surface area contributed by atoms with Gasteiger partial charge >= 0.3 is 5.97 Å². The molecule has 0 atom stereocenters. The molecular formula is C17H19BrN2O5. The normalized spacial score (nSPS) is 12.2. The number of carbonyl (C=O) groups excluding carboxylic acids is 1. The first-order valence-corrected chi connectivity index (χ1v) is 8.71. The average Bonchev–Trinajstić information content (AvgIpc) is 2.91. The van der Waals surface area contributed by atoms with Crippen LogP contribution in [-0.4, -0.2) is 35.3 Å². The van der Waals surface area contributed by atoms with Crippen molar-refractivity contribution < 1.29 is 23.7 Å². The van der Waals surface area contributed by atoms with Crippen LogP contribution in [0.3, 0.4) is 0 Å². The smallest absolute Gasteiger partial charge is 0.359 e. The molecule has 0 unspecified atom stereocenters. The monoisotopic (exact) mass is 410 g/mol. The van der Waals surface area contributed by atoms with E-state index in [-0.39, 0.29) is 25.0 Å². The van der Waals surface area contributed by atoms with E-state index >= 15 is 0 Å². The number of benzene rings is 1. The Labute approximate surface area is 154 Å². The number of hydrogen-bond acceptors (Lipinski definition) is 6. The van der Waals surface area contributed by atoms with E-state index in [0.29, 0.717) is 33.4 Å². The van der Waals surface area contributed by atoms with E-state index < -0.39 is 5.97 Å².